The predicted molar refractivity (Wildman–Crippen MR) is 137 cm³/mol. The van der Waals surface area contributed by atoms with Crippen LogP contribution < -0.4 is 10.9 Å². The van der Waals surface area contributed by atoms with Gasteiger partial charge in [-0.15, -0.1) is 0 Å². The molecule has 1 amide bonds. The van der Waals surface area contributed by atoms with Gasteiger partial charge in [0, 0.05) is 44.6 Å². The summed E-state index contributed by atoms with van der Waals surface area (Å²) in [7, 11) is 1.58. The first-order valence-corrected chi connectivity index (χ1v) is 12.3. The normalized spacial score (nSPS) is 20.0. The lowest BCUT2D eigenvalue weighted by molar-refractivity contribution is -0.257. The standard InChI is InChI=1S/C26H32ClFN4O4/c1-14-11-30-24(34)21-16(12-29-22(14)21)23(33)31-20-8-9-32(25(35-5)36-26(2,3)4)13-17(20)15-6-7-18(27)19(28)10-15/h6-7,10-12,17,20,25,29H,8-9,13H2,1-5H3,(H,30,34)(H,31,33)/t17-,20?,25?/m1/s1. The minimum atomic E-state index is -0.601. The molecule has 0 bridgehead atoms. The number of aromatic nitrogens is 2. The minimum Gasteiger partial charge on any atom is -0.360 e. The molecule has 1 aromatic carbocycles. The maximum absolute atomic E-state index is 14.4. The number of aromatic amines is 2. The molecule has 3 N–H and O–H groups in total. The monoisotopic (exact) mass is 518 g/mol. The number of pyridine rings is 1. The molecular weight excluding hydrogens is 487 g/mol. The smallest absolute Gasteiger partial charge is 0.258 e. The molecule has 3 aromatic rings. The number of likely N-dealkylation sites (tertiary alicyclic amines) is 1. The number of H-pyrrole nitrogens is 2. The molecule has 0 radical (unpaired) electrons. The van der Waals surface area contributed by atoms with Crippen molar-refractivity contribution in [3.63, 3.8) is 0 Å². The number of benzene rings is 1. The number of halogens is 2. The average Bonchev–Trinajstić information content (AvgIpc) is 3.28. The molecule has 0 aliphatic carbocycles. The van der Waals surface area contributed by atoms with Crippen LogP contribution in [0.15, 0.2) is 35.4 Å². The zero-order valence-electron chi connectivity index (χ0n) is 21.1. The van der Waals surface area contributed by atoms with E-state index in [0.29, 0.717) is 36.0 Å². The van der Waals surface area contributed by atoms with Crippen LogP contribution in [0.5, 0.6) is 0 Å². The minimum absolute atomic E-state index is 0.0335. The van der Waals surface area contributed by atoms with Crippen molar-refractivity contribution in [1.29, 1.82) is 0 Å². The van der Waals surface area contributed by atoms with E-state index < -0.39 is 17.8 Å². The van der Waals surface area contributed by atoms with Crippen molar-refractivity contribution in [2.45, 2.75) is 58.1 Å². The Labute approximate surface area is 214 Å². The molecule has 2 unspecified atom stereocenters. The number of carbonyl (C=O) groups excluding carboxylic acids is 1. The number of piperidine rings is 1. The van der Waals surface area contributed by atoms with Gasteiger partial charge >= 0.3 is 0 Å². The largest absolute Gasteiger partial charge is 0.360 e. The molecule has 8 nitrogen and oxygen atoms in total. The predicted octanol–water partition coefficient (Wildman–Crippen LogP) is 4.29. The zero-order valence-corrected chi connectivity index (χ0v) is 21.8. The van der Waals surface area contributed by atoms with Crippen LogP contribution in [-0.4, -0.2) is 59.0 Å². The van der Waals surface area contributed by atoms with Crippen molar-refractivity contribution in [3.8, 4) is 0 Å². The second-order valence-corrected chi connectivity index (χ2v) is 10.6. The fourth-order valence-corrected chi connectivity index (χ4v) is 4.83. The average molecular weight is 519 g/mol. The third-order valence-corrected chi connectivity index (χ3v) is 6.76. The molecule has 4 rings (SSSR count). The van der Waals surface area contributed by atoms with Gasteiger partial charge in [-0.1, -0.05) is 17.7 Å². The second kappa shape index (κ2) is 10.3. The number of aryl methyl sites for hydroxylation is 1. The van der Waals surface area contributed by atoms with Gasteiger partial charge in [0.1, 0.15) is 5.82 Å². The highest BCUT2D eigenvalue weighted by molar-refractivity contribution is 6.30. The molecule has 36 heavy (non-hydrogen) atoms. The number of hydrogen-bond acceptors (Lipinski definition) is 5. The van der Waals surface area contributed by atoms with Crippen LogP contribution in [0.25, 0.3) is 10.9 Å². The summed E-state index contributed by atoms with van der Waals surface area (Å²) in [4.78, 5) is 33.6. The number of methoxy groups -OCH3 is 1. The lowest BCUT2D eigenvalue weighted by Crippen LogP contribution is -2.54. The highest BCUT2D eigenvalue weighted by Gasteiger charge is 2.37. The molecule has 0 saturated carbocycles. The summed E-state index contributed by atoms with van der Waals surface area (Å²) in [5.74, 6) is -1.17. The van der Waals surface area contributed by atoms with Crippen LogP contribution in [0.2, 0.25) is 5.02 Å². The Morgan fingerprint density at radius 3 is 2.69 bits per heavy atom. The summed E-state index contributed by atoms with van der Waals surface area (Å²) in [5, 5.41) is 3.44. The van der Waals surface area contributed by atoms with Crippen LogP contribution in [0.3, 0.4) is 0 Å². The Bertz CT molecular complexity index is 1320. The third kappa shape index (κ3) is 5.49. The first-order chi connectivity index (χ1) is 17.0. The van der Waals surface area contributed by atoms with Crippen molar-refractivity contribution < 1.29 is 18.7 Å². The Morgan fingerprint density at radius 2 is 2.03 bits per heavy atom. The van der Waals surface area contributed by atoms with Crippen LogP contribution in [0.1, 0.15) is 54.6 Å². The molecule has 3 heterocycles. The summed E-state index contributed by atoms with van der Waals surface area (Å²) in [6.45, 7) is 8.73. The first-order valence-electron chi connectivity index (χ1n) is 11.9. The van der Waals surface area contributed by atoms with Crippen molar-refractivity contribution in [2.24, 2.45) is 0 Å². The van der Waals surface area contributed by atoms with Gasteiger partial charge in [-0.3, -0.25) is 14.5 Å². The Hall–Kier alpha value is -2.72. The fraction of sp³-hybridized carbons (Fsp3) is 0.462. The van der Waals surface area contributed by atoms with Gasteiger partial charge in [0.25, 0.3) is 11.5 Å². The van der Waals surface area contributed by atoms with Gasteiger partial charge in [0.15, 0.2) is 0 Å². The maximum Gasteiger partial charge on any atom is 0.258 e. The summed E-state index contributed by atoms with van der Waals surface area (Å²) >= 11 is 5.93. The van der Waals surface area contributed by atoms with E-state index in [1.807, 2.05) is 32.6 Å². The van der Waals surface area contributed by atoms with Gasteiger partial charge in [-0.05, 0) is 57.4 Å². The summed E-state index contributed by atoms with van der Waals surface area (Å²) in [6, 6.07) is 4.37. The second-order valence-electron chi connectivity index (χ2n) is 10.2. The third-order valence-electron chi connectivity index (χ3n) is 6.45. The summed E-state index contributed by atoms with van der Waals surface area (Å²) in [6.07, 6.45) is 3.12. The summed E-state index contributed by atoms with van der Waals surface area (Å²) < 4.78 is 26.1. The van der Waals surface area contributed by atoms with E-state index in [2.05, 4.69) is 15.3 Å². The van der Waals surface area contributed by atoms with E-state index in [1.54, 1.807) is 25.6 Å². The van der Waals surface area contributed by atoms with E-state index in [9.17, 15) is 14.0 Å². The number of nitrogens with zero attached hydrogens (tertiary/aromatic N) is 1. The number of fused-ring (bicyclic) bond motifs is 1. The van der Waals surface area contributed by atoms with Crippen molar-refractivity contribution >= 4 is 28.4 Å². The number of amides is 1. The highest BCUT2D eigenvalue weighted by Crippen LogP contribution is 2.32. The Morgan fingerprint density at radius 1 is 1.28 bits per heavy atom. The van der Waals surface area contributed by atoms with Gasteiger partial charge in [-0.2, -0.15) is 0 Å². The quantitative estimate of drug-likeness (QED) is 0.423. The van der Waals surface area contributed by atoms with Crippen LogP contribution >= 0.6 is 11.6 Å². The van der Waals surface area contributed by atoms with Crippen molar-refractivity contribution in [1.82, 2.24) is 20.2 Å². The molecule has 10 heteroatoms. The van der Waals surface area contributed by atoms with Gasteiger partial charge in [-0.25, -0.2) is 4.39 Å². The van der Waals surface area contributed by atoms with Crippen molar-refractivity contribution in [2.75, 3.05) is 20.2 Å². The molecule has 2 aromatic heterocycles. The first kappa shape index (κ1) is 26.3. The number of nitrogens with one attached hydrogen (secondary N) is 3. The van der Waals surface area contributed by atoms with Crippen LogP contribution in [0.4, 0.5) is 4.39 Å². The molecular formula is C26H32ClFN4O4. The molecule has 0 spiro atoms. The van der Waals surface area contributed by atoms with E-state index in [-0.39, 0.29) is 34.0 Å². The van der Waals surface area contributed by atoms with Crippen molar-refractivity contribution in [3.05, 3.63) is 68.5 Å². The van der Waals surface area contributed by atoms with Crippen LogP contribution in [0, 0.1) is 12.7 Å². The zero-order chi connectivity index (χ0) is 26.2. The molecule has 3 atom stereocenters. The Kier molecular flexibility index (Phi) is 7.56. The van der Waals surface area contributed by atoms with Gasteiger partial charge in [0.05, 0.1) is 27.1 Å². The lowest BCUT2D eigenvalue weighted by Gasteiger charge is -2.43. The molecule has 1 fully saturated rings. The number of carbonyl (C=O) groups is 1. The molecule has 1 aliphatic rings. The fourth-order valence-electron chi connectivity index (χ4n) is 4.71. The summed E-state index contributed by atoms with van der Waals surface area (Å²) in [5.41, 5.74) is 1.65. The lowest BCUT2D eigenvalue weighted by atomic mass is 9.85. The number of hydrogen-bond donors (Lipinski definition) is 3. The highest BCUT2D eigenvalue weighted by atomic mass is 35.5. The molecule has 1 saturated heterocycles. The topological polar surface area (TPSA) is 99.4 Å². The SMILES string of the molecule is COC(OC(C)(C)C)N1CCC(NC(=O)c2c[nH]c3c(C)c[nH]c(=O)c23)[C@@H](c2ccc(Cl)c(F)c2)C1. The molecule has 1 aliphatic heterocycles. The van der Waals surface area contributed by atoms with Gasteiger partial charge in [0.2, 0.25) is 6.41 Å². The van der Waals surface area contributed by atoms with Gasteiger partial charge < -0.3 is 24.8 Å². The van der Waals surface area contributed by atoms with E-state index in [4.69, 9.17) is 21.1 Å². The van der Waals surface area contributed by atoms with E-state index in [0.717, 1.165) is 5.56 Å². The van der Waals surface area contributed by atoms with E-state index >= 15 is 0 Å². The maximum atomic E-state index is 14.4. The Balaban J connectivity index is 1.64. The number of rotatable bonds is 6. The van der Waals surface area contributed by atoms with E-state index in [1.165, 1.54) is 12.1 Å². The van der Waals surface area contributed by atoms with Crippen LogP contribution in [-0.2, 0) is 9.47 Å². The molecule has 194 valence electrons. The number of ether oxygens (including phenoxy) is 2.